The number of rotatable bonds is 10. The topological polar surface area (TPSA) is 152 Å². The van der Waals surface area contributed by atoms with E-state index in [9.17, 15) is 16.8 Å². The van der Waals surface area contributed by atoms with E-state index < -0.39 is 20.7 Å². The Labute approximate surface area is 228 Å². The summed E-state index contributed by atoms with van der Waals surface area (Å²) in [6, 6.07) is 15.6. The minimum atomic E-state index is -3.51. The van der Waals surface area contributed by atoms with Crippen LogP contribution in [0.5, 0.6) is 5.75 Å². The molecule has 4 aromatic rings. The predicted molar refractivity (Wildman–Crippen MR) is 151 cm³/mol. The number of fused-ring (bicyclic) bond motifs is 1. The number of hydrogen-bond acceptors (Lipinski definition) is 10. The lowest BCUT2D eigenvalue weighted by Crippen LogP contribution is -2.18. The second kappa shape index (κ2) is 10.3. The van der Waals surface area contributed by atoms with E-state index in [0.717, 1.165) is 24.7 Å². The first-order valence-corrected chi connectivity index (χ1v) is 15.2. The van der Waals surface area contributed by atoms with Gasteiger partial charge in [0.25, 0.3) is 0 Å². The van der Waals surface area contributed by atoms with Crippen molar-refractivity contribution in [1.82, 2.24) is 15.0 Å². The molecule has 1 saturated carbocycles. The molecule has 2 heterocycles. The molecule has 0 unspecified atom stereocenters. The van der Waals surface area contributed by atoms with Gasteiger partial charge in [0, 0.05) is 29.6 Å². The van der Waals surface area contributed by atoms with Crippen LogP contribution in [0.1, 0.15) is 25.3 Å². The van der Waals surface area contributed by atoms with Crippen molar-refractivity contribution in [1.29, 1.82) is 0 Å². The van der Waals surface area contributed by atoms with Crippen LogP contribution in [0.25, 0.3) is 22.3 Å². The number of anilines is 3. The van der Waals surface area contributed by atoms with E-state index in [1.807, 2.05) is 18.2 Å². The zero-order valence-electron chi connectivity index (χ0n) is 21.6. The molecule has 0 saturated heterocycles. The Morgan fingerprint density at radius 1 is 1.00 bits per heavy atom. The molecule has 204 valence electrons. The largest absolute Gasteiger partial charge is 0.495 e. The number of aromatic nitrogens is 3. The van der Waals surface area contributed by atoms with Crippen molar-refractivity contribution >= 4 is 49.2 Å². The molecule has 0 radical (unpaired) electrons. The Balaban J connectivity index is 1.48. The second-order valence-electron chi connectivity index (χ2n) is 9.70. The molecule has 1 aliphatic rings. The first-order valence-electron chi connectivity index (χ1n) is 12.1. The number of thiol groups is 1. The monoisotopic (exact) mass is 568 g/mol. The fourth-order valence-electron chi connectivity index (χ4n) is 4.05. The van der Waals surface area contributed by atoms with E-state index in [1.54, 1.807) is 36.4 Å². The standard InChI is InChI=1S/C26H28N6O5S2/c1-26(12-13-26)31-24-23-20(29-25(30-24)27-15-16-4-7-18(8-5-16)32-38(33)34)10-9-19(28-23)17-6-11-21(37-2)22(14-17)39(3,35)36/h4-11,14,38H,12-13,15H2,1-3H3,(H,32,33,34)(H2,27,29,30,31). The smallest absolute Gasteiger partial charge is 0.225 e. The van der Waals surface area contributed by atoms with Gasteiger partial charge in [-0.25, -0.2) is 26.8 Å². The van der Waals surface area contributed by atoms with Gasteiger partial charge in [0.2, 0.25) is 16.8 Å². The summed E-state index contributed by atoms with van der Waals surface area (Å²) in [4.78, 5) is 14.3. The van der Waals surface area contributed by atoms with Crippen LogP contribution < -0.4 is 20.1 Å². The third-order valence-corrected chi connectivity index (χ3v) is 8.01. The van der Waals surface area contributed by atoms with E-state index in [4.69, 9.17) is 14.7 Å². The van der Waals surface area contributed by atoms with Gasteiger partial charge in [0.15, 0.2) is 15.7 Å². The quantitative estimate of drug-likeness (QED) is 0.209. The van der Waals surface area contributed by atoms with Crippen LogP contribution in [0.4, 0.5) is 17.5 Å². The summed E-state index contributed by atoms with van der Waals surface area (Å²) in [5.74, 6) is 1.27. The van der Waals surface area contributed by atoms with Gasteiger partial charge >= 0.3 is 0 Å². The molecule has 2 aromatic heterocycles. The Hall–Kier alpha value is -3.97. The average Bonchev–Trinajstić information content (AvgIpc) is 3.63. The van der Waals surface area contributed by atoms with E-state index in [-0.39, 0.29) is 16.2 Å². The fraction of sp³-hybridized carbons (Fsp3) is 0.269. The number of nitrogens with one attached hydrogen (secondary N) is 3. The Bertz CT molecular complexity index is 1730. The van der Waals surface area contributed by atoms with Crippen molar-refractivity contribution in [3.63, 3.8) is 0 Å². The minimum absolute atomic E-state index is 0.0782. The predicted octanol–water partition coefficient (Wildman–Crippen LogP) is 3.62. The van der Waals surface area contributed by atoms with Gasteiger partial charge in [-0.15, -0.1) is 0 Å². The zero-order valence-corrected chi connectivity index (χ0v) is 23.3. The number of nitrogens with zero attached hydrogens (tertiary/aromatic N) is 3. The summed E-state index contributed by atoms with van der Waals surface area (Å²) in [7, 11) is -4.80. The van der Waals surface area contributed by atoms with Gasteiger partial charge in [-0.2, -0.15) is 4.98 Å². The van der Waals surface area contributed by atoms with Gasteiger partial charge in [0.1, 0.15) is 16.2 Å². The van der Waals surface area contributed by atoms with E-state index >= 15 is 0 Å². The normalized spacial score (nSPS) is 14.3. The van der Waals surface area contributed by atoms with Gasteiger partial charge in [-0.05, 0) is 67.8 Å². The minimum Gasteiger partial charge on any atom is -0.495 e. The summed E-state index contributed by atoms with van der Waals surface area (Å²) < 4.78 is 53.9. The Kier molecular flexibility index (Phi) is 7.03. The molecule has 39 heavy (non-hydrogen) atoms. The summed E-state index contributed by atoms with van der Waals surface area (Å²) in [6.07, 6.45) is 3.16. The highest BCUT2D eigenvalue weighted by Gasteiger charge is 2.38. The number of pyridine rings is 1. The van der Waals surface area contributed by atoms with E-state index in [1.165, 1.54) is 7.11 Å². The van der Waals surface area contributed by atoms with Crippen LogP contribution in [0.2, 0.25) is 0 Å². The van der Waals surface area contributed by atoms with Crippen molar-refractivity contribution in [2.24, 2.45) is 0 Å². The molecular weight excluding hydrogens is 540 g/mol. The molecule has 1 fully saturated rings. The van der Waals surface area contributed by atoms with Crippen molar-refractivity contribution < 1.29 is 21.6 Å². The van der Waals surface area contributed by atoms with Gasteiger partial charge < -0.3 is 15.4 Å². The molecule has 0 aliphatic heterocycles. The molecule has 11 nitrogen and oxygen atoms in total. The molecule has 5 rings (SSSR count). The molecule has 0 bridgehead atoms. The van der Waals surface area contributed by atoms with Crippen LogP contribution in [-0.2, 0) is 27.3 Å². The van der Waals surface area contributed by atoms with Crippen molar-refractivity contribution in [3.05, 3.63) is 60.2 Å². The number of methoxy groups -OCH3 is 1. The van der Waals surface area contributed by atoms with Crippen LogP contribution in [0.15, 0.2) is 59.5 Å². The summed E-state index contributed by atoms with van der Waals surface area (Å²) >= 11 is 0. The summed E-state index contributed by atoms with van der Waals surface area (Å²) in [5.41, 5.74) is 3.74. The maximum Gasteiger partial charge on any atom is 0.225 e. The summed E-state index contributed by atoms with van der Waals surface area (Å²) in [6.45, 7) is 2.54. The first-order chi connectivity index (χ1) is 18.5. The fourth-order valence-corrected chi connectivity index (χ4v) is 5.27. The van der Waals surface area contributed by atoms with Crippen molar-refractivity contribution in [3.8, 4) is 17.0 Å². The van der Waals surface area contributed by atoms with Crippen LogP contribution in [-0.4, -0.2) is 50.7 Å². The maximum atomic E-state index is 12.3. The lowest BCUT2D eigenvalue weighted by Gasteiger charge is -2.16. The highest BCUT2D eigenvalue weighted by molar-refractivity contribution is 7.90. The number of benzene rings is 2. The number of ether oxygens (including phenoxy) is 1. The molecule has 0 atom stereocenters. The van der Waals surface area contributed by atoms with Crippen LogP contribution in [0.3, 0.4) is 0 Å². The van der Waals surface area contributed by atoms with Gasteiger partial charge in [0.05, 0.1) is 18.3 Å². The molecule has 13 heteroatoms. The van der Waals surface area contributed by atoms with Crippen LogP contribution >= 0.6 is 0 Å². The molecular formula is C26H28N6O5S2. The lowest BCUT2D eigenvalue weighted by molar-refractivity contribution is 0.403. The van der Waals surface area contributed by atoms with Crippen molar-refractivity contribution in [2.45, 2.75) is 36.7 Å². The SMILES string of the molecule is COc1ccc(-c2ccc3nc(NCc4ccc(N[SH](=O)=O)cc4)nc(NC4(C)CC4)c3n2)cc1S(C)(=O)=O. The molecule has 3 N–H and O–H groups in total. The average molecular weight is 569 g/mol. The van der Waals surface area contributed by atoms with Gasteiger partial charge in [-0.1, -0.05) is 12.1 Å². The van der Waals surface area contributed by atoms with Crippen molar-refractivity contribution in [2.75, 3.05) is 28.7 Å². The number of hydrogen-bond donors (Lipinski definition) is 4. The second-order valence-corrected chi connectivity index (χ2v) is 12.4. The van der Waals surface area contributed by atoms with E-state index in [0.29, 0.717) is 46.3 Å². The summed E-state index contributed by atoms with van der Waals surface area (Å²) in [5, 5.41) is 6.73. The Morgan fingerprint density at radius 3 is 2.38 bits per heavy atom. The molecule has 0 amide bonds. The van der Waals surface area contributed by atoms with Gasteiger partial charge in [-0.3, -0.25) is 4.72 Å². The molecule has 0 spiro atoms. The lowest BCUT2D eigenvalue weighted by atomic mass is 10.1. The molecule has 2 aromatic carbocycles. The molecule has 1 aliphatic carbocycles. The maximum absolute atomic E-state index is 12.3. The zero-order chi connectivity index (χ0) is 27.8. The highest BCUT2D eigenvalue weighted by atomic mass is 32.2. The Morgan fingerprint density at radius 2 is 1.74 bits per heavy atom. The van der Waals surface area contributed by atoms with Crippen LogP contribution in [0, 0.1) is 0 Å². The van der Waals surface area contributed by atoms with E-state index in [2.05, 4.69) is 27.3 Å². The first kappa shape index (κ1) is 26.6. The number of sulfone groups is 1. The third-order valence-electron chi connectivity index (χ3n) is 6.45. The highest BCUT2D eigenvalue weighted by Crippen LogP contribution is 2.39. The third kappa shape index (κ3) is 6.20.